The second-order valence-electron chi connectivity index (χ2n) is 6.64. The van der Waals surface area contributed by atoms with Crippen LogP contribution in [0.25, 0.3) is 0 Å². The van der Waals surface area contributed by atoms with Crippen LogP contribution in [0.5, 0.6) is 0 Å². The number of thioether (sulfide) groups is 1. The van der Waals surface area contributed by atoms with Crippen molar-refractivity contribution in [2.45, 2.75) is 43.0 Å². The molecule has 0 unspecified atom stereocenters. The SMILES string of the molecule is O=c1nc(SCc2ccccc2)c2c(n1CCc1ccccc1)CCC2. The van der Waals surface area contributed by atoms with E-state index in [2.05, 4.69) is 41.4 Å². The summed E-state index contributed by atoms with van der Waals surface area (Å²) in [4.78, 5) is 17.1. The zero-order valence-electron chi connectivity index (χ0n) is 14.7. The van der Waals surface area contributed by atoms with Crippen LogP contribution in [0, 0.1) is 0 Å². The Bertz CT molecular complexity index is 936. The molecule has 4 rings (SSSR count). The number of nitrogens with zero attached hydrogens (tertiary/aromatic N) is 2. The molecule has 0 atom stereocenters. The fourth-order valence-electron chi connectivity index (χ4n) is 3.55. The molecule has 0 bridgehead atoms. The largest absolute Gasteiger partial charge is 0.348 e. The number of hydrogen-bond acceptors (Lipinski definition) is 3. The van der Waals surface area contributed by atoms with Gasteiger partial charge in [-0.15, -0.1) is 11.8 Å². The number of rotatable bonds is 6. The smallest absolute Gasteiger partial charge is 0.296 e. The fraction of sp³-hybridized carbons (Fsp3) is 0.273. The number of aryl methyl sites for hydroxylation is 1. The van der Waals surface area contributed by atoms with Gasteiger partial charge in [0.05, 0.1) is 0 Å². The number of aromatic nitrogens is 2. The maximum Gasteiger partial charge on any atom is 0.348 e. The summed E-state index contributed by atoms with van der Waals surface area (Å²) in [5.41, 5.74) is 4.92. The second-order valence-corrected chi connectivity index (χ2v) is 7.60. The molecule has 0 fully saturated rings. The van der Waals surface area contributed by atoms with Gasteiger partial charge < -0.3 is 0 Å². The first-order chi connectivity index (χ1) is 12.8. The molecule has 0 amide bonds. The maximum absolute atomic E-state index is 12.7. The molecule has 3 nitrogen and oxygen atoms in total. The average molecular weight is 362 g/mol. The van der Waals surface area contributed by atoms with E-state index in [9.17, 15) is 4.79 Å². The maximum atomic E-state index is 12.7. The van der Waals surface area contributed by atoms with Crippen molar-refractivity contribution in [3.8, 4) is 0 Å². The second kappa shape index (κ2) is 7.92. The molecule has 1 aromatic heterocycles. The van der Waals surface area contributed by atoms with Crippen LogP contribution in [-0.4, -0.2) is 9.55 Å². The lowest BCUT2D eigenvalue weighted by Gasteiger charge is -2.14. The van der Waals surface area contributed by atoms with Gasteiger partial charge in [-0.2, -0.15) is 4.98 Å². The number of benzene rings is 2. The zero-order chi connectivity index (χ0) is 17.8. The van der Waals surface area contributed by atoms with E-state index in [1.54, 1.807) is 11.8 Å². The molecule has 4 heteroatoms. The molecule has 0 spiro atoms. The van der Waals surface area contributed by atoms with Crippen molar-refractivity contribution in [3.05, 3.63) is 93.5 Å². The van der Waals surface area contributed by atoms with Crippen molar-refractivity contribution in [1.29, 1.82) is 0 Å². The molecule has 1 aliphatic carbocycles. The van der Waals surface area contributed by atoms with Crippen molar-refractivity contribution >= 4 is 11.8 Å². The van der Waals surface area contributed by atoms with Crippen LogP contribution in [-0.2, 0) is 31.6 Å². The highest BCUT2D eigenvalue weighted by molar-refractivity contribution is 7.98. The molecular weight excluding hydrogens is 340 g/mol. The Morgan fingerprint density at radius 2 is 1.62 bits per heavy atom. The Kier molecular flexibility index (Phi) is 5.21. The van der Waals surface area contributed by atoms with E-state index in [0.29, 0.717) is 6.54 Å². The average Bonchev–Trinajstić information content (AvgIpc) is 3.17. The van der Waals surface area contributed by atoms with Gasteiger partial charge in [0, 0.05) is 23.6 Å². The lowest BCUT2D eigenvalue weighted by atomic mass is 10.1. The Labute approximate surface area is 158 Å². The van der Waals surface area contributed by atoms with Crippen LogP contribution < -0.4 is 5.69 Å². The molecule has 0 radical (unpaired) electrons. The molecule has 0 N–H and O–H groups in total. The molecular formula is C22H22N2OS. The van der Waals surface area contributed by atoms with Crippen molar-refractivity contribution in [3.63, 3.8) is 0 Å². The highest BCUT2D eigenvalue weighted by atomic mass is 32.2. The Morgan fingerprint density at radius 1 is 0.923 bits per heavy atom. The first kappa shape index (κ1) is 17.1. The highest BCUT2D eigenvalue weighted by Gasteiger charge is 2.21. The molecule has 1 aliphatic rings. The quantitative estimate of drug-likeness (QED) is 0.485. The van der Waals surface area contributed by atoms with Crippen LogP contribution in [0.3, 0.4) is 0 Å². The Morgan fingerprint density at radius 3 is 2.35 bits per heavy atom. The van der Waals surface area contributed by atoms with E-state index < -0.39 is 0 Å². The van der Waals surface area contributed by atoms with E-state index in [4.69, 9.17) is 0 Å². The summed E-state index contributed by atoms with van der Waals surface area (Å²) in [6, 6.07) is 20.7. The minimum absolute atomic E-state index is 0.0999. The van der Waals surface area contributed by atoms with Crippen LogP contribution in [0.1, 0.15) is 28.8 Å². The third kappa shape index (κ3) is 3.75. The monoisotopic (exact) mass is 362 g/mol. The number of fused-ring (bicyclic) bond motifs is 1. The van der Waals surface area contributed by atoms with Gasteiger partial charge in [-0.05, 0) is 36.8 Å². The van der Waals surface area contributed by atoms with Gasteiger partial charge in [-0.25, -0.2) is 4.79 Å². The van der Waals surface area contributed by atoms with E-state index in [1.165, 1.54) is 22.4 Å². The Balaban J connectivity index is 1.56. The molecule has 0 aliphatic heterocycles. The molecule has 26 heavy (non-hydrogen) atoms. The predicted molar refractivity (Wildman–Crippen MR) is 107 cm³/mol. The van der Waals surface area contributed by atoms with Gasteiger partial charge in [0.1, 0.15) is 5.03 Å². The van der Waals surface area contributed by atoms with Crippen LogP contribution in [0.15, 0.2) is 70.5 Å². The third-order valence-corrected chi connectivity index (χ3v) is 5.97. The summed E-state index contributed by atoms with van der Waals surface area (Å²) in [7, 11) is 0. The summed E-state index contributed by atoms with van der Waals surface area (Å²) in [5.74, 6) is 0.855. The highest BCUT2D eigenvalue weighted by Crippen LogP contribution is 2.31. The molecule has 1 heterocycles. The van der Waals surface area contributed by atoms with E-state index in [-0.39, 0.29) is 5.69 Å². The van der Waals surface area contributed by atoms with E-state index >= 15 is 0 Å². The first-order valence-electron chi connectivity index (χ1n) is 9.14. The lowest BCUT2D eigenvalue weighted by molar-refractivity contribution is 0.607. The van der Waals surface area contributed by atoms with Gasteiger partial charge >= 0.3 is 5.69 Å². The van der Waals surface area contributed by atoms with Crippen molar-refractivity contribution in [1.82, 2.24) is 9.55 Å². The van der Waals surface area contributed by atoms with Crippen LogP contribution >= 0.6 is 11.8 Å². The molecule has 0 saturated carbocycles. The molecule has 132 valence electrons. The molecule has 2 aromatic carbocycles. The summed E-state index contributed by atoms with van der Waals surface area (Å²) < 4.78 is 1.90. The van der Waals surface area contributed by atoms with Gasteiger partial charge in [0.2, 0.25) is 0 Å². The summed E-state index contributed by atoms with van der Waals surface area (Å²) in [6.07, 6.45) is 4.00. The molecule has 3 aromatic rings. The molecule has 0 saturated heterocycles. The topological polar surface area (TPSA) is 34.9 Å². The zero-order valence-corrected chi connectivity index (χ0v) is 15.5. The first-order valence-corrected chi connectivity index (χ1v) is 10.1. The van der Waals surface area contributed by atoms with Gasteiger partial charge in [-0.1, -0.05) is 60.7 Å². The van der Waals surface area contributed by atoms with Crippen molar-refractivity contribution < 1.29 is 0 Å². The summed E-state index contributed by atoms with van der Waals surface area (Å²) >= 11 is 1.69. The van der Waals surface area contributed by atoms with Gasteiger partial charge in [-0.3, -0.25) is 4.57 Å². The van der Waals surface area contributed by atoms with Crippen LogP contribution in [0.2, 0.25) is 0 Å². The third-order valence-electron chi connectivity index (χ3n) is 4.89. The van der Waals surface area contributed by atoms with Gasteiger partial charge in [0.25, 0.3) is 0 Å². The van der Waals surface area contributed by atoms with E-state index in [0.717, 1.165) is 36.5 Å². The van der Waals surface area contributed by atoms with Crippen molar-refractivity contribution in [2.24, 2.45) is 0 Å². The normalized spacial score (nSPS) is 12.9. The Hall–Kier alpha value is -2.33. The standard InChI is InChI=1S/C22H22N2OS/c25-22-23-21(26-16-18-10-5-2-6-11-18)19-12-7-13-20(19)24(22)15-14-17-8-3-1-4-9-17/h1-6,8-11H,7,12-16H2. The lowest BCUT2D eigenvalue weighted by Crippen LogP contribution is -2.28. The summed E-state index contributed by atoms with van der Waals surface area (Å²) in [5, 5.41) is 0.933. The fourth-order valence-corrected chi connectivity index (χ4v) is 4.58. The van der Waals surface area contributed by atoms with Crippen LogP contribution in [0.4, 0.5) is 0 Å². The minimum Gasteiger partial charge on any atom is -0.296 e. The van der Waals surface area contributed by atoms with E-state index in [1.807, 2.05) is 28.8 Å². The van der Waals surface area contributed by atoms with Gasteiger partial charge in [0.15, 0.2) is 0 Å². The predicted octanol–water partition coefficient (Wildman–Crippen LogP) is 4.27. The van der Waals surface area contributed by atoms with Crippen molar-refractivity contribution in [2.75, 3.05) is 0 Å². The summed E-state index contributed by atoms with van der Waals surface area (Å²) in [6.45, 7) is 0.710. The number of hydrogen-bond donors (Lipinski definition) is 0. The minimum atomic E-state index is -0.0999.